The first-order valence-electron chi connectivity index (χ1n) is 11.4. The monoisotopic (exact) mass is 539 g/mol. The number of benzene rings is 1. The van der Waals surface area contributed by atoms with E-state index >= 15 is 0 Å². The molecule has 35 heavy (non-hydrogen) atoms. The zero-order valence-corrected chi connectivity index (χ0v) is 22.4. The molecule has 3 rings (SSSR count). The molecule has 7 nitrogen and oxygen atoms in total. The molecular weight excluding hydrogens is 509 g/mol. The molecule has 2 heterocycles. The van der Waals surface area contributed by atoms with Crippen molar-refractivity contribution in [2.24, 2.45) is 5.92 Å². The van der Waals surface area contributed by atoms with Crippen LogP contribution in [0, 0.1) is 5.92 Å². The summed E-state index contributed by atoms with van der Waals surface area (Å²) in [7, 11) is -1.36. The Balaban J connectivity index is 1.87. The molecule has 0 radical (unpaired) electrons. The van der Waals surface area contributed by atoms with Gasteiger partial charge in [0, 0.05) is 37.0 Å². The Bertz CT molecular complexity index is 1130. The fourth-order valence-electron chi connectivity index (χ4n) is 3.93. The lowest BCUT2D eigenvalue weighted by Crippen LogP contribution is -2.44. The summed E-state index contributed by atoms with van der Waals surface area (Å²) in [6.45, 7) is 10.8. The number of hydrogen-bond donors (Lipinski definition) is 2. The number of aromatic nitrogens is 1. The van der Waals surface area contributed by atoms with Crippen molar-refractivity contribution < 1.29 is 13.7 Å². The van der Waals surface area contributed by atoms with E-state index in [9.17, 15) is 13.8 Å². The number of nitrogens with one attached hydrogen (secondary N) is 2. The van der Waals surface area contributed by atoms with Crippen molar-refractivity contribution in [3.63, 3.8) is 0 Å². The van der Waals surface area contributed by atoms with Crippen LogP contribution in [0.5, 0.6) is 5.75 Å². The van der Waals surface area contributed by atoms with Gasteiger partial charge in [-0.25, -0.2) is 8.93 Å². The number of aromatic amines is 1. The maximum atomic E-state index is 13.1. The summed E-state index contributed by atoms with van der Waals surface area (Å²) in [5.74, 6) is 0.478. The van der Waals surface area contributed by atoms with Crippen LogP contribution in [-0.2, 0) is 11.0 Å². The average molecular weight is 541 g/mol. The highest BCUT2D eigenvalue weighted by Gasteiger charge is 2.34. The van der Waals surface area contributed by atoms with Crippen LogP contribution in [0.3, 0.4) is 0 Å². The van der Waals surface area contributed by atoms with Gasteiger partial charge in [-0.2, -0.15) is 0 Å². The number of carbonyl (C=O) groups is 1. The molecule has 0 saturated carbocycles. The Labute approximate surface area is 218 Å². The lowest BCUT2D eigenvalue weighted by Gasteiger charge is -2.38. The number of likely N-dealkylation sites (tertiary alicyclic amines) is 1. The van der Waals surface area contributed by atoms with Gasteiger partial charge < -0.3 is 14.6 Å². The Morgan fingerprint density at radius 1 is 1.29 bits per heavy atom. The van der Waals surface area contributed by atoms with Crippen molar-refractivity contribution in [1.82, 2.24) is 14.6 Å². The summed E-state index contributed by atoms with van der Waals surface area (Å²) < 4.78 is 21.9. The molecule has 1 fully saturated rings. The SMILES string of the molecule is C=CCOc1cc(Cl)c(Cl)cc1[C@H](NS(=O)C(C)(C)C)C1CCN(C(=O)c2ccc(=O)[nH]c2)CC1. The molecule has 1 aliphatic heterocycles. The second-order valence-corrected chi connectivity index (χ2v) is 12.3. The zero-order valence-electron chi connectivity index (χ0n) is 20.1. The van der Waals surface area contributed by atoms with Crippen LogP contribution in [-0.4, -0.2) is 44.4 Å². The molecule has 190 valence electrons. The van der Waals surface area contributed by atoms with E-state index in [2.05, 4.69) is 16.3 Å². The van der Waals surface area contributed by atoms with Crippen LogP contribution in [0.2, 0.25) is 10.0 Å². The number of halogens is 2. The molecule has 1 amide bonds. The Morgan fingerprint density at radius 3 is 2.51 bits per heavy atom. The van der Waals surface area contributed by atoms with E-state index in [1.807, 2.05) is 20.8 Å². The maximum Gasteiger partial charge on any atom is 0.255 e. The van der Waals surface area contributed by atoms with E-state index in [-0.39, 0.29) is 30.0 Å². The third kappa shape index (κ3) is 6.97. The largest absolute Gasteiger partial charge is 0.489 e. The number of ether oxygens (including phenoxy) is 1. The van der Waals surface area contributed by atoms with Crippen molar-refractivity contribution in [3.05, 3.63) is 74.6 Å². The van der Waals surface area contributed by atoms with E-state index < -0.39 is 15.7 Å². The molecule has 10 heteroatoms. The number of amides is 1. The number of hydrogen-bond acceptors (Lipinski definition) is 4. The molecule has 2 N–H and O–H groups in total. The first-order chi connectivity index (χ1) is 16.5. The van der Waals surface area contributed by atoms with Gasteiger partial charge in [-0.15, -0.1) is 0 Å². The van der Waals surface area contributed by atoms with Crippen molar-refractivity contribution in [3.8, 4) is 5.75 Å². The number of piperidine rings is 1. The zero-order chi connectivity index (χ0) is 25.8. The van der Waals surface area contributed by atoms with Gasteiger partial charge in [0.2, 0.25) is 5.56 Å². The summed E-state index contributed by atoms with van der Waals surface area (Å²) in [5, 5.41) is 0.748. The lowest BCUT2D eigenvalue weighted by molar-refractivity contribution is 0.0674. The lowest BCUT2D eigenvalue weighted by atomic mass is 9.85. The van der Waals surface area contributed by atoms with E-state index in [1.165, 1.54) is 18.3 Å². The Kier molecular flexibility index (Phi) is 9.21. The molecule has 1 aromatic heterocycles. The number of pyridine rings is 1. The smallest absolute Gasteiger partial charge is 0.255 e. The van der Waals surface area contributed by atoms with Gasteiger partial charge in [-0.3, -0.25) is 9.59 Å². The molecule has 1 aromatic carbocycles. The van der Waals surface area contributed by atoms with Gasteiger partial charge >= 0.3 is 0 Å². The Morgan fingerprint density at radius 2 is 1.94 bits per heavy atom. The van der Waals surface area contributed by atoms with E-state index in [1.54, 1.807) is 23.1 Å². The predicted octanol–water partition coefficient (Wildman–Crippen LogP) is 4.89. The fraction of sp³-hybridized carbons (Fsp3) is 0.440. The summed E-state index contributed by atoms with van der Waals surface area (Å²) in [6.07, 6.45) is 4.43. The first kappa shape index (κ1) is 27.5. The van der Waals surface area contributed by atoms with Crippen molar-refractivity contribution in [2.45, 2.75) is 44.4 Å². The molecule has 1 unspecified atom stereocenters. The third-order valence-corrected chi connectivity index (χ3v) is 8.17. The second-order valence-electron chi connectivity index (χ2n) is 9.45. The summed E-state index contributed by atoms with van der Waals surface area (Å²) in [4.78, 5) is 28.5. The van der Waals surface area contributed by atoms with Crippen molar-refractivity contribution >= 4 is 40.1 Å². The minimum Gasteiger partial charge on any atom is -0.489 e. The van der Waals surface area contributed by atoms with Crippen LogP contribution in [0.25, 0.3) is 0 Å². The van der Waals surface area contributed by atoms with Crippen LogP contribution < -0.4 is 15.0 Å². The highest BCUT2D eigenvalue weighted by molar-refractivity contribution is 7.84. The third-order valence-electron chi connectivity index (χ3n) is 5.86. The van der Waals surface area contributed by atoms with Crippen molar-refractivity contribution in [2.75, 3.05) is 19.7 Å². The fourth-order valence-corrected chi connectivity index (χ4v) is 5.16. The molecule has 0 spiro atoms. The highest BCUT2D eigenvalue weighted by atomic mass is 35.5. The molecule has 0 aliphatic carbocycles. The molecular formula is C25H31Cl2N3O4S. The van der Waals surface area contributed by atoms with Gasteiger partial charge in [0.25, 0.3) is 5.91 Å². The molecule has 0 bridgehead atoms. The number of nitrogens with zero attached hydrogens (tertiary/aromatic N) is 1. The maximum absolute atomic E-state index is 13.1. The van der Waals surface area contributed by atoms with E-state index in [0.29, 0.717) is 47.3 Å². The van der Waals surface area contributed by atoms with Crippen LogP contribution in [0.15, 0.2) is 47.9 Å². The van der Waals surface area contributed by atoms with Gasteiger partial charge in [-0.05, 0) is 51.7 Å². The summed E-state index contributed by atoms with van der Waals surface area (Å²) in [5.41, 5.74) is 0.956. The molecule has 1 aliphatic rings. The topological polar surface area (TPSA) is 91.5 Å². The number of rotatable bonds is 8. The molecule has 1 saturated heterocycles. The minimum absolute atomic E-state index is 0.0595. The van der Waals surface area contributed by atoms with Crippen molar-refractivity contribution in [1.29, 1.82) is 0 Å². The first-order valence-corrected chi connectivity index (χ1v) is 13.3. The minimum atomic E-state index is -1.36. The van der Waals surface area contributed by atoms with Crippen LogP contribution in [0.1, 0.15) is 55.6 Å². The second kappa shape index (κ2) is 11.7. The highest BCUT2D eigenvalue weighted by Crippen LogP contribution is 2.40. The van der Waals surface area contributed by atoms with Crippen LogP contribution in [0.4, 0.5) is 0 Å². The number of H-pyrrole nitrogens is 1. The molecule has 2 atom stereocenters. The van der Waals surface area contributed by atoms with Gasteiger partial charge in [-0.1, -0.05) is 35.9 Å². The van der Waals surface area contributed by atoms with E-state index in [4.69, 9.17) is 27.9 Å². The summed E-state index contributed by atoms with van der Waals surface area (Å²) in [6, 6.07) is 5.97. The average Bonchev–Trinajstić information content (AvgIpc) is 2.82. The van der Waals surface area contributed by atoms with Gasteiger partial charge in [0.15, 0.2) is 0 Å². The Hall–Kier alpha value is -2.13. The van der Waals surface area contributed by atoms with Gasteiger partial charge in [0.1, 0.15) is 12.4 Å². The van der Waals surface area contributed by atoms with Gasteiger partial charge in [0.05, 0.1) is 37.4 Å². The molecule has 2 aromatic rings. The standard InChI is InChI=1S/C25H31Cl2N3O4S/c1-5-12-34-21-14-20(27)19(26)13-18(21)23(29-35(33)25(2,3)4)16-8-10-30(11-9-16)24(32)17-6-7-22(31)28-15-17/h5-7,13-16,23,29H,1,8-12H2,2-4H3,(H,28,31)/t23-,35?/m1/s1. The normalized spacial score (nSPS) is 16.5. The predicted molar refractivity (Wildman–Crippen MR) is 142 cm³/mol. The summed E-state index contributed by atoms with van der Waals surface area (Å²) >= 11 is 12.7. The van der Waals surface area contributed by atoms with Crippen LogP contribution >= 0.6 is 23.2 Å². The van der Waals surface area contributed by atoms with E-state index in [0.717, 1.165) is 5.56 Å². The quantitative estimate of drug-likeness (QED) is 0.467. The number of carbonyl (C=O) groups excluding carboxylic acids is 1.